The molecule has 1 fully saturated rings. The predicted molar refractivity (Wildman–Crippen MR) is 70.0 cm³/mol. The lowest BCUT2D eigenvalue weighted by Gasteiger charge is -2.25. The Labute approximate surface area is 97.9 Å². The van der Waals surface area contributed by atoms with E-state index in [1.54, 1.807) is 0 Å². The molecule has 1 saturated carbocycles. The van der Waals surface area contributed by atoms with Gasteiger partial charge in [0.1, 0.15) is 0 Å². The van der Waals surface area contributed by atoms with Gasteiger partial charge in [-0.05, 0) is 17.9 Å². The van der Waals surface area contributed by atoms with Crippen molar-refractivity contribution < 1.29 is 4.43 Å². The lowest BCUT2D eigenvalue weighted by Crippen LogP contribution is -2.12. The molecule has 0 amide bonds. The predicted octanol–water partition coefficient (Wildman–Crippen LogP) is 3.52. The first-order valence-corrected chi connectivity index (χ1v) is 8.39. The highest BCUT2D eigenvalue weighted by molar-refractivity contribution is 6.26. The second kappa shape index (κ2) is 8.34. The van der Waals surface area contributed by atoms with Gasteiger partial charge in [0, 0.05) is 7.11 Å². The highest BCUT2D eigenvalue weighted by atomic mass is 28.2. The van der Waals surface area contributed by atoms with Crippen molar-refractivity contribution in [1.82, 2.24) is 0 Å². The summed E-state index contributed by atoms with van der Waals surface area (Å²) in [4.78, 5) is 0. The number of hydrogen-bond donors (Lipinski definition) is 0. The fourth-order valence-corrected chi connectivity index (χ4v) is 3.50. The summed E-state index contributed by atoms with van der Waals surface area (Å²) in [5, 5.41) is 0. The Hall–Kier alpha value is 0.177. The maximum atomic E-state index is 5.19. The Morgan fingerprint density at radius 2 is 1.80 bits per heavy atom. The van der Waals surface area contributed by atoms with Crippen molar-refractivity contribution in [2.45, 2.75) is 64.3 Å². The normalized spacial score (nSPS) is 27.6. The highest BCUT2D eigenvalue weighted by Crippen LogP contribution is 2.31. The van der Waals surface area contributed by atoms with Crippen LogP contribution in [-0.4, -0.2) is 16.9 Å². The van der Waals surface area contributed by atoms with Crippen LogP contribution in [0.5, 0.6) is 0 Å². The third-order valence-corrected chi connectivity index (χ3v) is 5.04. The molecule has 0 saturated heterocycles. The summed E-state index contributed by atoms with van der Waals surface area (Å²) in [6.07, 6.45) is 11.8. The fraction of sp³-hybridized carbons (Fsp3) is 1.00. The van der Waals surface area contributed by atoms with Gasteiger partial charge in [-0.2, -0.15) is 0 Å². The van der Waals surface area contributed by atoms with Crippen LogP contribution >= 0.6 is 0 Å². The molecular weight excluding hydrogens is 200 g/mol. The Balaban J connectivity index is 1.87. The summed E-state index contributed by atoms with van der Waals surface area (Å²) >= 11 is 0. The standard InChI is InChI=1S/C13H28OSi/c1-12-7-9-13(10-8-12)6-4-3-5-11-15-14-2/h12-13H,3-11,15H2,1-2H3. The number of unbranched alkanes of at least 4 members (excludes halogenated alkanes) is 2. The van der Waals surface area contributed by atoms with E-state index >= 15 is 0 Å². The molecule has 0 aromatic heterocycles. The van der Waals surface area contributed by atoms with Crippen LogP contribution in [0, 0.1) is 11.8 Å². The molecule has 0 unspecified atom stereocenters. The Morgan fingerprint density at radius 1 is 1.07 bits per heavy atom. The van der Waals surface area contributed by atoms with Crippen molar-refractivity contribution in [3.05, 3.63) is 0 Å². The summed E-state index contributed by atoms with van der Waals surface area (Å²) in [5.41, 5.74) is 0. The summed E-state index contributed by atoms with van der Waals surface area (Å²) in [6, 6.07) is 1.39. The van der Waals surface area contributed by atoms with E-state index in [0.717, 1.165) is 11.8 Å². The van der Waals surface area contributed by atoms with Crippen molar-refractivity contribution in [2.75, 3.05) is 7.11 Å². The molecule has 0 spiro atoms. The van der Waals surface area contributed by atoms with Gasteiger partial charge in [0.15, 0.2) is 9.76 Å². The third kappa shape index (κ3) is 6.36. The molecule has 0 bridgehead atoms. The molecule has 2 heteroatoms. The Bertz CT molecular complexity index is 141. The first kappa shape index (κ1) is 13.2. The molecule has 1 aliphatic carbocycles. The third-order valence-electron chi connectivity index (χ3n) is 3.85. The van der Waals surface area contributed by atoms with Crippen molar-refractivity contribution in [2.24, 2.45) is 11.8 Å². The molecule has 90 valence electrons. The average Bonchev–Trinajstić information content (AvgIpc) is 2.26. The van der Waals surface area contributed by atoms with E-state index < -0.39 is 0 Å². The zero-order valence-corrected chi connectivity index (χ0v) is 12.0. The van der Waals surface area contributed by atoms with Crippen LogP contribution < -0.4 is 0 Å². The molecule has 0 N–H and O–H groups in total. The van der Waals surface area contributed by atoms with E-state index in [2.05, 4.69) is 6.92 Å². The monoisotopic (exact) mass is 228 g/mol. The van der Waals surface area contributed by atoms with Crippen molar-refractivity contribution in [3.63, 3.8) is 0 Å². The first-order chi connectivity index (χ1) is 7.33. The van der Waals surface area contributed by atoms with Gasteiger partial charge in [-0.25, -0.2) is 0 Å². The summed E-state index contributed by atoms with van der Waals surface area (Å²) in [5.74, 6) is 2.08. The van der Waals surface area contributed by atoms with Gasteiger partial charge >= 0.3 is 0 Å². The number of hydrogen-bond acceptors (Lipinski definition) is 1. The lowest BCUT2D eigenvalue weighted by molar-refractivity contribution is 0.272. The second-order valence-corrected chi connectivity index (χ2v) is 7.01. The van der Waals surface area contributed by atoms with Gasteiger partial charge in [0.25, 0.3) is 0 Å². The van der Waals surface area contributed by atoms with Crippen LogP contribution in [0.15, 0.2) is 0 Å². The van der Waals surface area contributed by atoms with Crippen LogP contribution in [0.25, 0.3) is 0 Å². The van der Waals surface area contributed by atoms with Crippen molar-refractivity contribution in [3.8, 4) is 0 Å². The molecule has 0 aromatic rings. The Morgan fingerprint density at radius 3 is 2.47 bits per heavy atom. The molecular formula is C13H28OSi. The molecule has 0 radical (unpaired) electrons. The minimum Gasteiger partial charge on any atom is -0.427 e. The average molecular weight is 228 g/mol. The van der Waals surface area contributed by atoms with Crippen molar-refractivity contribution >= 4 is 9.76 Å². The molecule has 1 rings (SSSR count). The van der Waals surface area contributed by atoms with Crippen LogP contribution in [-0.2, 0) is 4.43 Å². The van der Waals surface area contributed by atoms with Gasteiger partial charge in [0.2, 0.25) is 0 Å². The van der Waals surface area contributed by atoms with E-state index in [4.69, 9.17) is 4.43 Å². The van der Waals surface area contributed by atoms with E-state index in [0.29, 0.717) is 0 Å². The van der Waals surface area contributed by atoms with Crippen LogP contribution in [0.3, 0.4) is 0 Å². The first-order valence-electron chi connectivity index (χ1n) is 6.82. The molecule has 1 aliphatic rings. The maximum absolute atomic E-state index is 5.19. The molecule has 0 aliphatic heterocycles. The van der Waals surface area contributed by atoms with Crippen molar-refractivity contribution in [1.29, 1.82) is 0 Å². The molecule has 1 nitrogen and oxygen atoms in total. The zero-order chi connectivity index (χ0) is 10.9. The second-order valence-electron chi connectivity index (χ2n) is 5.32. The summed E-state index contributed by atoms with van der Waals surface area (Å²) in [7, 11) is 1.72. The molecule has 15 heavy (non-hydrogen) atoms. The SMILES string of the molecule is CO[SiH2]CCCCCC1CCC(C)CC1. The minimum atomic E-state index is -0.136. The van der Waals surface area contributed by atoms with Crippen LogP contribution in [0.4, 0.5) is 0 Å². The van der Waals surface area contributed by atoms with E-state index in [1.165, 1.54) is 57.4 Å². The quantitative estimate of drug-likeness (QED) is 0.478. The van der Waals surface area contributed by atoms with Gasteiger partial charge in [-0.3, -0.25) is 0 Å². The Kier molecular flexibility index (Phi) is 7.37. The summed E-state index contributed by atoms with van der Waals surface area (Å²) < 4.78 is 5.19. The van der Waals surface area contributed by atoms with Crippen LogP contribution in [0.2, 0.25) is 6.04 Å². The van der Waals surface area contributed by atoms with Crippen LogP contribution in [0.1, 0.15) is 58.3 Å². The highest BCUT2D eigenvalue weighted by Gasteiger charge is 2.17. The van der Waals surface area contributed by atoms with Gasteiger partial charge in [0.05, 0.1) is 0 Å². The van der Waals surface area contributed by atoms with Gasteiger partial charge in [-0.1, -0.05) is 58.3 Å². The van der Waals surface area contributed by atoms with E-state index in [-0.39, 0.29) is 9.76 Å². The lowest BCUT2D eigenvalue weighted by atomic mass is 9.80. The molecule has 0 atom stereocenters. The molecule has 0 aromatic carbocycles. The fourth-order valence-electron chi connectivity index (χ4n) is 2.65. The van der Waals surface area contributed by atoms with Gasteiger partial charge in [-0.15, -0.1) is 0 Å². The minimum absolute atomic E-state index is 0.136. The smallest absolute Gasteiger partial charge is 0.161 e. The maximum Gasteiger partial charge on any atom is 0.161 e. The topological polar surface area (TPSA) is 9.23 Å². The molecule has 0 heterocycles. The van der Waals surface area contributed by atoms with E-state index in [1.807, 2.05) is 7.11 Å². The largest absolute Gasteiger partial charge is 0.427 e. The zero-order valence-electron chi connectivity index (χ0n) is 10.6. The number of rotatable bonds is 7. The van der Waals surface area contributed by atoms with Gasteiger partial charge < -0.3 is 4.43 Å². The van der Waals surface area contributed by atoms with E-state index in [9.17, 15) is 0 Å². The summed E-state index contributed by atoms with van der Waals surface area (Å²) in [6.45, 7) is 2.41.